The Morgan fingerprint density at radius 1 is 1.06 bits per heavy atom. The predicted molar refractivity (Wildman–Crippen MR) is 69.2 cm³/mol. The smallest absolute Gasteiger partial charge is 0.303 e. The highest BCUT2D eigenvalue weighted by atomic mass is 16.5. The number of unbranched alkanes of at least 4 members (excludes halogenated alkanes) is 3. The number of aliphatic carboxylic acids is 1. The van der Waals surface area contributed by atoms with Crippen LogP contribution >= 0.6 is 0 Å². The van der Waals surface area contributed by atoms with Crippen LogP contribution in [-0.2, 0) is 4.79 Å². The van der Waals surface area contributed by atoms with Gasteiger partial charge in [0.25, 0.3) is 0 Å². The molecule has 1 rings (SSSR count). The number of hydrogen-bond donors (Lipinski definition) is 1. The summed E-state index contributed by atoms with van der Waals surface area (Å²) in [4.78, 5) is 10.3. The van der Waals surface area contributed by atoms with Crippen molar-refractivity contribution in [1.29, 1.82) is 0 Å². The molecule has 0 heterocycles. The molecule has 0 bridgehead atoms. The Morgan fingerprint density at radius 3 is 2.28 bits per heavy atom. The monoisotopic (exact) mass is 252 g/mol. The van der Waals surface area contributed by atoms with Gasteiger partial charge in [0.2, 0.25) is 0 Å². The Kier molecular flexibility index (Phi) is 6.69. The Morgan fingerprint density at radius 2 is 1.67 bits per heavy atom. The van der Waals surface area contributed by atoms with Crippen molar-refractivity contribution >= 4 is 5.97 Å². The molecule has 0 aliphatic carbocycles. The summed E-state index contributed by atoms with van der Waals surface area (Å²) in [6, 6.07) is 7.48. The van der Waals surface area contributed by atoms with E-state index in [4.69, 9.17) is 14.6 Å². The fourth-order valence-corrected chi connectivity index (χ4v) is 1.59. The standard InChI is InChI=1S/C14H20O4/c1-17-12-7-9-13(10-8-12)18-11-5-3-2-4-6-14(15)16/h7-10H,2-6,11H2,1H3,(H,15,16). The maximum Gasteiger partial charge on any atom is 0.303 e. The lowest BCUT2D eigenvalue weighted by Crippen LogP contribution is -1.98. The second-order valence-electron chi connectivity index (χ2n) is 4.08. The minimum atomic E-state index is -0.718. The van der Waals surface area contributed by atoms with Gasteiger partial charge in [-0.15, -0.1) is 0 Å². The molecule has 0 aliphatic heterocycles. The Bertz CT molecular complexity index is 345. The second kappa shape index (κ2) is 8.39. The van der Waals surface area contributed by atoms with Crippen molar-refractivity contribution in [1.82, 2.24) is 0 Å². The van der Waals surface area contributed by atoms with E-state index in [1.54, 1.807) is 7.11 Å². The number of ether oxygens (including phenoxy) is 2. The van der Waals surface area contributed by atoms with E-state index in [9.17, 15) is 4.79 Å². The van der Waals surface area contributed by atoms with Crippen LogP contribution in [0, 0.1) is 0 Å². The first-order valence-corrected chi connectivity index (χ1v) is 6.21. The number of methoxy groups -OCH3 is 1. The van der Waals surface area contributed by atoms with Crippen molar-refractivity contribution in [3.05, 3.63) is 24.3 Å². The van der Waals surface area contributed by atoms with Crippen molar-refractivity contribution in [3.8, 4) is 11.5 Å². The summed E-state index contributed by atoms with van der Waals surface area (Å²) in [7, 11) is 1.63. The highest BCUT2D eigenvalue weighted by Crippen LogP contribution is 2.17. The Hall–Kier alpha value is -1.71. The van der Waals surface area contributed by atoms with Crippen LogP contribution in [0.25, 0.3) is 0 Å². The van der Waals surface area contributed by atoms with Gasteiger partial charge in [-0.05, 0) is 37.1 Å². The molecule has 1 N–H and O–H groups in total. The van der Waals surface area contributed by atoms with Gasteiger partial charge >= 0.3 is 5.97 Å². The van der Waals surface area contributed by atoms with Crippen molar-refractivity contribution in [2.75, 3.05) is 13.7 Å². The molecule has 0 saturated heterocycles. The lowest BCUT2D eigenvalue weighted by molar-refractivity contribution is -0.137. The van der Waals surface area contributed by atoms with Crippen molar-refractivity contribution in [2.24, 2.45) is 0 Å². The van der Waals surface area contributed by atoms with Gasteiger partial charge in [-0.25, -0.2) is 0 Å². The fourth-order valence-electron chi connectivity index (χ4n) is 1.59. The van der Waals surface area contributed by atoms with E-state index in [2.05, 4.69) is 0 Å². The summed E-state index contributed by atoms with van der Waals surface area (Å²) in [5, 5.41) is 8.47. The largest absolute Gasteiger partial charge is 0.497 e. The van der Waals surface area contributed by atoms with Crippen LogP contribution in [0.4, 0.5) is 0 Å². The average molecular weight is 252 g/mol. The molecule has 0 aliphatic rings. The van der Waals surface area contributed by atoms with Crippen LogP contribution in [-0.4, -0.2) is 24.8 Å². The predicted octanol–water partition coefficient (Wildman–Crippen LogP) is 3.11. The van der Waals surface area contributed by atoms with Gasteiger partial charge in [-0.3, -0.25) is 4.79 Å². The van der Waals surface area contributed by atoms with Gasteiger partial charge in [0.1, 0.15) is 11.5 Å². The molecular formula is C14H20O4. The van der Waals surface area contributed by atoms with E-state index in [0.717, 1.165) is 37.2 Å². The van der Waals surface area contributed by atoms with Gasteiger partial charge < -0.3 is 14.6 Å². The van der Waals surface area contributed by atoms with Crippen LogP contribution in [0.3, 0.4) is 0 Å². The van der Waals surface area contributed by atoms with Crippen molar-refractivity contribution < 1.29 is 19.4 Å². The topological polar surface area (TPSA) is 55.8 Å². The molecule has 0 radical (unpaired) electrons. The Balaban J connectivity index is 2.05. The fraction of sp³-hybridized carbons (Fsp3) is 0.500. The van der Waals surface area contributed by atoms with Crippen LogP contribution in [0.1, 0.15) is 32.1 Å². The van der Waals surface area contributed by atoms with E-state index in [1.807, 2.05) is 24.3 Å². The van der Waals surface area contributed by atoms with E-state index >= 15 is 0 Å². The summed E-state index contributed by atoms with van der Waals surface area (Å²) in [6.45, 7) is 0.666. The molecule has 100 valence electrons. The van der Waals surface area contributed by atoms with Gasteiger partial charge in [0.15, 0.2) is 0 Å². The third-order valence-corrected chi connectivity index (χ3v) is 2.61. The minimum absolute atomic E-state index is 0.263. The molecule has 0 unspecified atom stereocenters. The molecule has 1 aromatic rings. The highest BCUT2D eigenvalue weighted by molar-refractivity contribution is 5.66. The average Bonchev–Trinajstić information content (AvgIpc) is 2.38. The molecule has 0 amide bonds. The van der Waals surface area contributed by atoms with Crippen LogP contribution in [0.2, 0.25) is 0 Å². The summed E-state index contributed by atoms with van der Waals surface area (Å²) in [5.74, 6) is 0.932. The van der Waals surface area contributed by atoms with Crippen LogP contribution < -0.4 is 9.47 Å². The second-order valence-corrected chi connectivity index (χ2v) is 4.08. The van der Waals surface area contributed by atoms with Crippen LogP contribution in [0.15, 0.2) is 24.3 Å². The molecule has 0 aromatic heterocycles. The zero-order chi connectivity index (χ0) is 13.2. The summed E-state index contributed by atoms with van der Waals surface area (Å²) < 4.78 is 10.6. The highest BCUT2D eigenvalue weighted by Gasteiger charge is 1.97. The SMILES string of the molecule is COc1ccc(OCCCCCCC(=O)O)cc1. The van der Waals surface area contributed by atoms with Gasteiger partial charge in [-0.1, -0.05) is 12.8 Å². The molecule has 4 heteroatoms. The summed E-state index contributed by atoms with van der Waals surface area (Å²) >= 11 is 0. The third kappa shape index (κ3) is 6.13. The van der Waals surface area contributed by atoms with E-state index in [-0.39, 0.29) is 6.42 Å². The molecular weight excluding hydrogens is 232 g/mol. The molecule has 18 heavy (non-hydrogen) atoms. The number of carboxylic acid groups (broad SMARTS) is 1. The van der Waals surface area contributed by atoms with Gasteiger partial charge in [0, 0.05) is 6.42 Å². The molecule has 0 atom stereocenters. The van der Waals surface area contributed by atoms with Crippen molar-refractivity contribution in [2.45, 2.75) is 32.1 Å². The number of benzene rings is 1. The lowest BCUT2D eigenvalue weighted by atomic mass is 10.1. The maximum absolute atomic E-state index is 10.3. The first-order valence-electron chi connectivity index (χ1n) is 6.21. The normalized spacial score (nSPS) is 10.1. The molecule has 1 aromatic carbocycles. The molecule has 0 saturated carbocycles. The lowest BCUT2D eigenvalue weighted by Gasteiger charge is -2.06. The van der Waals surface area contributed by atoms with Crippen molar-refractivity contribution in [3.63, 3.8) is 0 Å². The third-order valence-electron chi connectivity index (χ3n) is 2.61. The number of rotatable bonds is 9. The number of hydrogen-bond acceptors (Lipinski definition) is 3. The van der Waals surface area contributed by atoms with Crippen LogP contribution in [0.5, 0.6) is 11.5 Å². The van der Waals surface area contributed by atoms with E-state index < -0.39 is 5.97 Å². The van der Waals surface area contributed by atoms with E-state index in [1.165, 1.54) is 0 Å². The quantitative estimate of drug-likeness (QED) is 0.686. The molecule has 4 nitrogen and oxygen atoms in total. The first-order chi connectivity index (χ1) is 8.72. The minimum Gasteiger partial charge on any atom is -0.497 e. The maximum atomic E-state index is 10.3. The number of carbonyl (C=O) groups is 1. The zero-order valence-electron chi connectivity index (χ0n) is 10.7. The summed E-state index contributed by atoms with van der Waals surface area (Å²) in [6.07, 6.45) is 3.91. The Labute approximate surface area is 108 Å². The molecule has 0 fully saturated rings. The van der Waals surface area contributed by atoms with Gasteiger partial charge in [0.05, 0.1) is 13.7 Å². The van der Waals surface area contributed by atoms with E-state index in [0.29, 0.717) is 6.61 Å². The molecule has 0 spiro atoms. The zero-order valence-corrected chi connectivity index (χ0v) is 10.7. The number of carboxylic acids is 1. The van der Waals surface area contributed by atoms with Gasteiger partial charge in [-0.2, -0.15) is 0 Å². The first kappa shape index (κ1) is 14.4. The summed E-state index contributed by atoms with van der Waals surface area (Å²) in [5.41, 5.74) is 0.